The van der Waals surface area contributed by atoms with Gasteiger partial charge >= 0.3 is 0 Å². The lowest BCUT2D eigenvalue weighted by molar-refractivity contribution is 0.173. The van der Waals surface area contributed by atoms with E-state index in [4.69, 9.17) is 0 Å². The third kappa shape index (κ3) is 2.83. The van der Waals surface area contributed by atoms with Gasteiger partial charge in [-0.15, -0.1) is 11.3 Å². The van der Waals surface area contributed by atoms with Crippen LogP contribution in [-0.4, -0.2) is 12.2 Å². The molecule has 0 atom stereocenters. The fourth-order valence-electron chi connectivity index (χ4n) is 2.62. The summed E-state index contributed by atoms with van der Waals surface area (Å²) in [4.78, 5) is 2.82. The Morgan fingerprint density at radius 3 is 2.84 bits per heavy atom. The highest BCUT2D eigenvalue weighted by molar-refractivity contribution is 7.97. The van der Waals surface area contributed by atoms with Crippen molar-refractivity contribution in [2.75, 3.05) is 5.32 Å². The molecule has 2 aliphatic carbocycles. The van der Waals surface area contributed by atoms with Crippen LogP contribution in [0.3, 0.4) is 0 Å². The molecule has 0 radical (unpaired) electrons. The summed E-state index contributed by atoms with van der Waals surface area (Å²) in [5.41, 5.74) is 1.49. The molecule has 1 heterocycles. The Morgan fingerprint density at radius 2 is 2.11 bits per heavy atom. The first-order chi connectivity index (χ1) is 9.28. The van der Waals surface area contributed by atoms with Crippen LogP contribution in [0.5, 0.6) is 0 Å². The second-order valence-electron chi connectivity index (χ2n) is 5.20. The number of fused-ring (bicyclic) bond motifs is 1. The summed E-state index contributed by atoms with van der Waals surface area (Å²) in [6.45, 7) is 3.75. The van der Waals surface area contributed by atoms with Gasteiger partial charge < -0.3 is 5.32 Å². The molecule has 0 bridgehead atoms. The van der Waals surface area contributed by atoms with Crippen molar-refractivity contribution >= 4 is 28.3 Å². The van der Waals surface area contributed by atoms with E-state index in [1.807, 2.05) is 11.3 Å². The van der Waals surface area contributed by atoms with E-state index < -0.39 is 6.17 Å². The monoisotopic (exact) mass is 298 g/mol. The van der Waals surface area contributed by atoms with Crippen LogP contribution in [0.15, 0.2) is 17.7 Å². The van der Waals surface area contributed by atoms with Crippen LogP contribution in [0.4, 0.5) is 9.39 Å². The van der Waals surface area contributed by atoms with Crippen molar-refractivity contribution in [1.82, 2.24) is 4.72 Å². The van der Waals surface area contributed by atoms with Gasteiger partial charge in [0.15, 0.2) is 0 Å². The SMILES string of the molecule is C=CNc1sc2c(c1SNC1CC(F)C1)CCCC2. The topological polar surface area (TPSA) is 24.1 Å². The largest absolute Gasteiger partial charge is 0.353 e. The van der Waals surface area contributed by atoms with E-state index in [1.165, 1.54) is 46.0 Å². The zero-order valence-corrected chi connectivity index (χ0v) is 12.5. The Bertz CT molecular complexity index is 466. The minimum Gasteiger partial charge on any atom is -0.353 e. The molecule has 5 heteroatoms. The van der Waals surface area contributed by atoms with Crippen molar-refractivity contribution in [3.63, 3.8) is 0 Å². The van der Waals surface area contributed by atoms with Gasteiger partial charge in [-0.25, -0.2) is 4.39 Å². The van der Waals surface area contributed by atoms with Crippen molar-refractivity contribution in [3.8, 4) is 0 Å². The highest BCUT2D eigenvalue weighted by atomic mass is 32.2. The quantitative estimate of drug-likeness (QED) is 0.793. The molecular weight excluding hydrogens is 279 g/mol. The van der Waals surface area contributed by atoms with Crippen molar-refractivity contribution < 1.29 is 4.39 Å². The van der Waals surface area contributed by atoms with Crippen LogP contribution >= 0.6 is 23.3 Å². The van der Waals surface area contributed by atoms with Gasteiger partial charge in [0.2, 0.25) is 0 Å². The number of alkyl halides is 1. The van der Waals surface area contributed by atoms with Crippen molar-refractivity contribution in [3.05, 3.63) is 23.2 Å². The van der Waals surface area contributed by atoms with E-state index >= 15 is 0 Å². The van der Waals surface area contributed by atoms with Gasteiger partial charge in [0.1, 0.15) is 11.2 Å². The van der Waals surface area contributed by atoms with Crippen molar-refractivity contribution in [2.24, 2.45) is 0 Å². The summed E-state index contributed by atoms with van der Waals surface area (Å²) in [5, 5.41) is 4.44. The van der Waals surface area contributed by atoms with E-state index in [1.54, 1.807) is 18.1 Å². The Kier molecular flexibility index (Phi) is 4.15. The van der Waals surface area contributed by atoms with Gasteiger partial charge in [-0.05, 0) is 62.2 Å². The average Bonchev–Trinajstić information content (AvgIpc) is 2.72. The zero-order chi connectivity index (χ0) is 13.2. The molecule has 2 aliphatic rings. The molecule has 0 spiro atoms. The fraction of sp³-hybridized carbons (Fsp3) is 0.571. The molecule has 1 aromatic heterocycles. The molecule has 1 aromatic rings. The zero-order valence-electron chi connectivity index (χ0n) is 10.9. The molecule has 0 amide bonds. The number of halogens is 1. The molecule has 3 rings (SSSR count). The molecular formula is C14H19FN2S2. The second kappa shape index (κ2) is 5.85. The Hall–Kier alpha value is -0.520. The van der Waals surface area contributed by atoms with Crippen LogP contribution in [-0.2, 0) is 12.8 Å². The van der Waals surface area contributed by atoms with Gasteiger partial charge in [0.25, 0.3) is 0 Å². The Morgan fingerprint density at radius 1 is 1.32 bits per heavy atom. The Balaban J connectivity index is 1.73. The highest BCUT2D eigenvalue weighted by Gasteiger charge is 2.29. The smallest absolute Gasteiger partial charge is 0.108 e. The maximum Gasteiger partial charge on any atom is 0.108 e. The molecule has 0 unspecified atom stereocenters. The highest BCUT2D eigenvalue weighted by Crippen LogP contribution is 2.43. The van der Waals surface area contributed by atoms with E-state index in [2.05, 4.69) is 16.6 Å². The first-order valence-corrected chi connectivity index (χ1v) is 8.49. The van der Waals surface area contributed by atoms with Crippen LogP contribution in [0.1, 0.15) is 36.1 Å². The number of thiophene rings is 1. The molecule has 19 heavy (non-hydrogen) atoms. The number of aryl methyl sites for hydroxylation is 1. The van der Waals surface area contributed by atoms with Gasteiger partial charge in [-0.1, -0.05) is 6.58 Å². The third-order valence-corrected chi connectivity index (χ3v) is 6.22. The van der Waals surface area contributed by atoms with Gasteiger partial charge in [0.05, 0.1) is 4.90 Å². The number of hydrogen-bond donors (Lipinski definition) is 2. The average molecular weight is 298 g/mol. The lowest BCUT2D eigenvalue weighted by Crippen LogP contribution is -2.38. The summed E-state index contributed by atoms with van der Waals surface area (Å²) < 4.78 is 16.2. The molecule has 104 valence electrons. The molecule has 2 nitrogen and oxygen atoms in total. The molecule has 0 aliphatic heterocycles. The van der Waals surface area contributed by atoms with Crippen LogP contribution < -0.4 is 10.0 Å². The standard InChI is InChI=1S/C14H19FN2S2/c1-2-16-14-13(19-17-10-7-9(15)8-10)11-5-3-4-6-12(11)18-14/h2,9-10,16-17H,1,3-8H2. The van der Waals surface area contributed by atoms with Crippen molar-refractivity contribution in [2.45, 2.75) is 55.6 Å². The molecule has 2 N–H and O–H groups in total. The summed E-state index contributed by atoms with van der Waals surface area (Å²) in [6.07, 6.45) is 7.40. The fourth-order valence-corrected chi connectivity index (χ4v) is 5.09. The summed E-state index contributed by atoms with van der Waals surface area (Å²) in [5.74, 6) is 0. The van der Waals surface area contributed by atoms with Crippen molar-refractivity contribution in [1.29, 1.82) is 0 Å². The Labute approximate surface area is 122 Å². The van der Waals surface area contributed by atoms with Crippen LogP contribution in [0.25, 0.3) is 0 Å². The van der Waals surface area contributed by atoms with Gasteiger partial charge in [0, 0.05) is 10.9 Å². The van der Waals surface area contributed by atoms with E-state index in [0.717, 1.165) is 0 Å². The first kappa shape index (κ1) is 13.5. The maximum absolute atomic E-state index is 12.8. The third-order valence-electron chi connectivity index (χ3n) is 3.76. The first-order valence-electron chi connectivity index (χ1n) is 6.86. The number of nitrogens with one attached hydrogen (secondary N) is 2. The number of rotatable bonds is 5. The number of anilines is 1. The summed E-state index contributed by atoms with van der Waals surface area (Å²) in [6, 6.07) is 0.329. The minimum absolute atomic E-state index is 0.329. The maximum atomic E-state index is 12.8. The van der Waals surface area contributed by atoms with Crippen LogP contribution in [0, 0.1) is 0 Å². The molecule has 1 saturated carbocycles. The molecule has 0 aromatic carbocycles. The summed E-state index contributed by atoms with van der Waals surface area (Å²) in [7, 11) is 0. The van der Waals surface area contributed by atoms with E-state index in [-0.39, 0.29) is 0 Å². The number of hydrogen-bond acceptors (Lipinski definition) is 4. The van der Waals surface area contributed by atoms with Gasteiger partial charge in [-0.3, -0.25) is 4.72 Å². The van der Waals surface area contributed by atoms with Gasteiger partial charge in [-0.2, -0.15) is 0 Å². The van der Waals surface area contributed by atoms with E-state index in [0.29, 0.717) is 18.9 Å². The molecule has 0 saturated heterocycles. The minimum atomic E-state index is -0.597. The van der Waals surface area contributed by atoms with E-state index in [9.17, 15) is 4.39 Å². The lowest BCUT2D eigenvalue weighted by Gasteiger charge is -2.30. The molecule has 1 fully saturated rings. The summed E-state index contributed by atoms with van der Waals surface area (Å²) >= 11 is 3.52. The predicted molar refractivity (Wildman–Crippen MR) is 81.7 cm³/mol. The lowest BCUT2D eigenvalue weighted by atomic mass is 9.92. The second-order valence-corrected chi connectivity index (χ2v) is 7.16. The normalized spacial score (nSPS) is 25.5. The van der Waals surface area contributed by atoms with Crippen LogP contribution in [0.2, 0.25) is 0 Å². The predicted octanol–water partition coefficient (Wildman–Crippen LogP) is 4.28.